The average molecular weight is 309 g/mol. The second-order valence-electron chi connectivity index (χ2n) is 1.50. The molecular formula is C5H10O2Pb. The molecule has 0 aromatic rings. The van der Waals surface area contributed by atoms with E-state index >= 15 is 0 Å². The smallest absolute Gasteiger partial charge is 0.303 e. The van der Waals surface area contributed by atoms with E-state index in [9.17, 15) is 4.79 Å². The van der Waals surface area contributed by atoms with Crippen molar-refractivity contribution in [3.63, 3.8) is 0 Å². The molecule has 3 heteroatoms. The molecule has 46 valence electrons. The van der Waals surface area contributed by atoms with Gasteiger partial charge in [-0.2, -0.15) is 0 Å². The van der Waals surface area contributed by atoms with Crippen molar-refractivity contribution in [1.82, 2.24) is 0 Å². The molecule has 0 aliphatic rings. The van der Waals surface area contributed by atoms with E-state index in [0.29, 0.717) is 6.42 Å². The third kappa shape index (κ3) is 9.63. The van der Waals surface area contributed by atoms with Crippen LogP contribution in [-0.2, 0) is 4.79 Å². The molecule has 0 spiro atoms. The van der Waals surface area contributed by atoms with Gasteiger partial charge >= 0.3 is 5.97 Å². The van der Waals surface area contributed by atoms with Crippen LogP contribution in [0.2, 0.25) is 0 Å². The molecular weight excluding hydrogens is 299 g/mol. The number of aliphatic carboxylic acids is 1. The summed E-state index contributed by atoms with van der Waals surface area (Å²) in [6, 6.07) is 0. The number of hydrogen-bond acceptors (Lipinski definition) is 1. The summed E-state index contributed by atoms with van der Waals surface area (Å²) < 4.78 is 0. The Balaban J connectivity index is 0. The van der Waals surface area contributed by atoms with Gasteiger partial charge in [0, 0.05) is 33.7 Å². The topological polar surface area (TPSA) is 37.3 Å². The molecule has 0 aromatic carbocycles. The molecule has 0 saturated heterocycles. The van der Waals surface area contributed by atoms with Crippen molar-refractivity contribution in [2.45, 2.75) is 26.2 Å². The Labute approximate surface area is 69.4 Å². The fourth-order valence-electron chi connectivity index (χ4n) is 0.328. The second-order valence-corrected chi connectivity index (χ2v) is 1.50. The first-order valence-electron chi connectivity index (χ1n) is 2.49. The largest absolute Gasteiger partial charge is 0.481 e. The molecule has 1 N–H and O–H groups in total. The van der Waals surface area contributed by atoms with Crippen LogP contribution < -0.4 is 0 Å². The molecule has 0 unspecified atom stereocenters. The molecule has 0 amide bonds. The third-order valence-electron chi connectivity index (χ3n) is 0.744. The maximum atomic E-state index is 9.76. The molecule has 0 aliphatic carbocycles. The predicted octanol–water partition coefficient (Wildman–Crippen LogP) is 0.880. The van der Waals surface area contributed by atoms with E-state index in [1.165, 1.54) is 0 Å². The maximum absolute atomic E-state index is 9.76. The van der Waals surface area contributed by atoms with Crippen LogP contribution in [0.5, 0.6) is 0 Å². The van der Waals surface area contributed by atoms with E-state index in [-0.39, 0.29) is 27.3 Å². The fraction of sp³-hybridized carbons (Fsp3) is 0.800. The number of carboxylic acid groups (broad SMARTS) is 1. The van der Waals surface area contributed by atoms with Gasteiger partial charge < -0.3 is 5.11 Å². The number of carbonyl (C=O) groups is 1. The Morgan fingerprint density at radius 3 is 2.25 bits per heavy atom. The van der Waals surface area contributed by atoms with E-state index in [1.807, 2.05) is 6.92 Å². The molecule has 4 radical (unpaired) electrons. The second kappa shape index (κ2) is 7.39. The number of carboxylic acids is 1. The van der Waals surface area contributed by atoms with Crippen LogP contribution in [0.1, 0.15) is 26.2 Å². The summed E-state index contributed by atoms with van der Waals surface area (Å²) in [5, 5.41) is 8.04. The molecule has 8 heavy (non-hydrogen) atoms. The van der Waals surface area contributed by atoms with E-state index in [4.69, 9.17) is 5.11 Å². The van der Waals surface area contributed by atoms with Crippen LogP contribution in [0.3, 0.4) is 0 Å². The van der Waals surface area contributed by atoms with Gasteiger partial charge in [-0.3, -0.25) is 4.79 Å². The van der Waals surface area contributed by atoms with Gasteiger partial charge in [0.1, 0.15) is 0 Å². The first-order chi connectivity index (χ1) is 3.27. The Bertz CT molecular complexity index is 63.4. The van der Waals surface area contributed by atoms with E-state index < -0.39 is 5.97 Å². The molecule has 0 fully saturated rings. The minimum absolute atomic E-state index is 0. The summed E-state index contributed by atoms with van der Waals surface area (Å²) in [6.45, 7) is 1.98. The Hall–Kier alpha value is 0.392. The van der Waals surface area contributed by atoms with Crippen LogP contribution in [0.15, 0.2) is 0 Å². The van der Waals surface area contributed by atoms with Crippen molar-refractivity contribution in [2.24, 2.45) is 0 Å². The van der Waals surface area contributed by atoms with Crippen LogP contribution in [0, 0.1) is 0 Å². The van der Waals surface area contributed by atoms with Gasteiger partial charge in [0.25, 0.3) is 0 Å². The molecule has 0 rings (SSSR count). The van der Waals surface area contributed by atoms with Crippen molar-refractivity contribution < 1.29 is 9.90 Å². The zero-order chi connectivity index (χ0) is 5.70. The molecule has 0 heterocycles. The molecule has 0 aromatic heterocycles. The quantitative estimate of drug-likeness (QED) is 0.786. The monoisotopic (exact) mass is 310 g/mol. The number of rotatable bonds is 3. The number of hydrogen-bond donors (Lipinski definition) is 1. The van der Waals surface area contributed by atoms with E-state index in [0.717, 1.165) is 12.8 Å². The van der Waals surface area contributed by atoms with Crippen molar-refractivity contribution in [2.75, 3.05) is 0 Å². The summed E-state index contributed by atoms with van der Waals surface area (Å²) in [6.07, 6.45) is 2.08. The predicted molar refractivity (Wildman–Crippen MR) is 32.9 cm³/mol. The van der Waals surface area contributed by atoms with Crippen LogP contribution in [0.25, 0.3) is 0 Å². The summed E-state index contributed by atoms with van der Waals surface area (Å²) >= 11 is 0. The molecule has 0 aliphatic heterocycles. The molecule has 0 bridgehead atoms. The zero-order valence-corrected chi connectivity index (χ0v) is 8.86. The SMILES string of the molecule is CCCCC(=O)O.[Pb]. The normalized spacial score (nSPS) is 7.62. The van der Waals surface area contributed by atoms with E-state index in [1.54, 1.807) is 0 Å². The van der Waals surface area contributed by atoms with Crippen LogP contribution in [-0.4, -0.2) is 38.4 Å². The van der Waals surface area contributed by atoms with Gasteiger partial charge in [-0.1, -0.05) is 13.3 Å². The Morgan fingerprint density at radius 2 is 2.12 bits per heavy atom. The Kier molecular flexibility index (Phi) is 10.4. The van der Waals surface area contributed by atoms with Crippen molar-refractivity contribution in [1.29, 1.82) is 0 Å². The van der Waals surface area contributed by atoms with Gasteiger partial charge in [0.15, 0.2) is 0 Å². The van der Waals surface area contributed by atoms with Gasteiger partial charge in [0.05, 0.1) is 0 Å². The average Bonchev–Trinajstić information content (AvgIpc) is 1.61. The summed E-state index contributed by atoms with van der Waals surface area (Å²) in [4.78, 5) is 9.76. The third-order valence-corrected chi connectivity index (χ3v) is 0.744. The van der Waals surface area contributed by atoms with Gasteiger partial charge in [-0.05, 0) is 6.42 Å². The maximum Gasteiger partial charge on any atom is 0.303 e. The molecule has 2 nitrogen and oxygen atoms in total. The van der Waals surface area contributed by atoms with Crippen LogP contribution >= 0.6 is 0 Å². The minimum atomic E-state index is -0.693. The molecule has 0 atom stereocenters. The first kappa shape index (κ1) is 11.2. The van der Waals surface area contributed by atoms with Gasteiger partial charge in [0.2, 0.25) is 0 Å². The van der Waals surface area contributed by atoms with Crippen molar-refractivity contribution in [3.05, 3.63) is 0 Å². The van der Waals surface area contributed by atoms with Crippen molar-refractivity contribution >= 4 is 33.3 Å². The Morgan fingerprint density at radius 1 is 1.62 bits per heavy atom. The standard InChI is InChI=1S/C5H10O2.Pb/c1-2-3-4-5(6)7;/h2-4H2,1H3,(H,6,7);. The minimum Gasteiger partial charge on any atom is -0.481 e. The van der Waals surface area contributed by atoms with Gasteiger partial charge in [-0.25, -0.2) is 0 Å². The number of unbranched alkanes of at least 4 members (excludes halogenated alkanes) is 1. The zero-order valence-electron chi connectivity index (χ0n) is 4.98. The van der Waals surface area contributed by atoms with Gasteiger partial charge in [-0.15, -0.1) is 0 Å². The summed E-state index contributed by atoms with van der Waals surface area (Å²) in [5.74, 6) is -0.693. The first-order valence-corrected chi connectivity index (χ1v) is 2.49. The summed E-state index contributed by atoms with van der Waals surface area (Å²) in [7, 11) is 0. The van der Waals surface area contributed by atoms with Crippen molar-refractivity contribution in [3.8, 4) is 0 Å². The summed E-state index contributed by atoms with van der Waals surface area (Å²) in [5.41, 5.74) is 0. The van der Waals surface area contributed by atoms with E-state index in [2.05, 4.69) is 0 Å². The molecule has 0 saturated carbocycles. The fourth-order valence-corrected chi connectivity index (χ4v) is 0.328. The van der Waals surface area contributed by atoms with Crippen LogP contribution in [0.4, 0.5) is 0 Å².